The third-order valence-corrected chi connectivity index (χ3v) is 7.29. The molecule has 39 heavy (non-hydrogen) atoms. The third-order valence-electron chi connectivity index (χ3n) is 7.29. The van der Waals surface area contributed by atoms with Crippen molar-refractivity contribution < 1.29 is 27.9 Å². The van der Waals surface area contributed by atoms with Crippen molar-refractivity contribution in [3.8, 4) is 0 Å². The summed E-state index contributed by atoms with van der Waals surface area (Å²) >= 11 is 0. The minimum atomic E-state index is -0.570. The molecular weight excluding hydrogens is 504 g/mol. The SMILES string of the molecule is CCOC(=O)c1ccc(N2C(=O)C[C@@H](N3CCN(C(c4ccc(F)cc4)c4ccc(F)cc4)CC3)C2=O)cc1. The Labute approximate surface area is 225 Å². The summed E-state index contributed by atoms with van der Waals surface area (Å²) in [7, 11) is 0. The van der Waals surface area contributed by atoms with E-state index in [1.165, 1.54) is 29.2 Å². The van der Waals surface area contributed by atoms with Gasteiger partial charge in [0.2, 0.25) is 5.91 Å². The molecule has 7 nitrogen and oxygen atoms in total. The van der Waals surface area contributed by atoms with E-state index < -0.39 is 12.0 Å². The van der Waals surface area contributed by atoms with Gasteiger partial charge in [0.05, 0.1) is 36.4 Å². The molecule has 0 N–H and O–H groups in total. The Kier molecular flexibility index (Phi) is 7.81. The summed E-state index contributed by atoms with van der Waals surface area (Å²) in [5.41, 5.74) is 2.55. The van der Waals surface area contributed by atoms with E-state index in [1.807, 2.05) is 4.90 Å². The predicted molar refractivity (Wildman–Crippen MR) is 141 cm³/mol. The Morgan fingerprint density at radius 2 is 1.38 bits per heavy atom. The van der Waals surface area contributed by atoms with E-state index in [0.29, 0.717) is 37.4 Å². The monoisotopic (exact) mass is 533 g/mol. The molecule has 2 aliphatic heterocycles. The highest BCUT2D eigenvalue weighted by atomic mass is 19.1. The maximum atomic E-state index is 13.6. The van der Waals surface area contributed by atoms with Gasteiger partial charge in [-0.05, 0) is 66.6 Å². The molecule has 2 saturated heterocycles. The molecule has 5 rings (SSSR count). The number of imide groups is 1. The Hall–Kier alpha value is -3.95. The van der Waals surface area contributed by atoms with Crippen molar-refractivity contribution >= 4 is 23.5 Å². The number of esters is 1. The Bertz CT molecular complexity index is 1290. The first-order valence-electron chi connectivity index (χ1n) is 13.0. The van der Waals surface area contributed by atoms with E-state index >= 15 is 0 Å². The van der Waals surface area contributed by atoms with Crippen molar-refractivity contribution in [3.05, 3.63) is 101 Å². The molecule has 0 radical (unpaired) electrons. The van der Waals surface area contributed by atoms with Crippen LogP contribution >= 0.6 is 0 Å². The number of piperazine rings is 1. The van der Waals surface area contributed by atoms with Gasteiger partial charge in [-0.3, -0.25) is 19.4 Å². The number of rotatable bonds is 7. The number of hydrogen-bond acceptors (Lipinski definition) is 6. The maximum absolute atomic E-state index is 13.6. The van der Waals surface area contributed by atoms with Crippen LogP contribution in [-0.4, -0.2) is 66.4 Å². The number of amides is 2. The van der Waals surface area contributed by atoms with Gasteiger partial charge in [0.25, 0.3) is 5.91 Å². The minimum Gasteiger partial charge on any atom is -0.462 e. The Morgan fingerprint density at radius 1 is 0.846 bits per heavy atom. The fourth-order valence-electron chi connectivity index (χ4n) is 5.34. The first-order chi connectivity index (χ1) is 18.9. The molecule has 0 saturated carbocycles. The maximum Gasteiger partial charge on any atom is 0.338 e. The summed E-state index contributed by atoms with van der Waals surface area (Å²) in [5.74, 6) is -1.69. The van der Waals surface area contributed by atoms with Gasteiger partial charge in [0.1, 0.15) is 11.6 Å². The van der Waals surface area contributed by atoms with E-state index in [-0.39, 0.29) is 42.5 Å². The standard InChI is InChI=1S/C30H29F2N3O4/c1-2-39-30(38)22-7-13-25(14-8-22)35-27(36)19-26(29(35)37)33-15-17-34(18-16-33)28(20-3-9-23(31)10-4-20)21-5-11-24(32)12-6-21/h3-14,26,28H,2,15-19H2,1H3/t26-/m1/s1. The van der Waals surface area contributed by atoms with Gasteiger partial charge in [-0.1, -0.05) is 24.3 Å². The second-order valence-corrected chi connectivity index (χ2v) is 9.63. The molecule has 0 unspecified atom stereocenters. The number of benzene rings is 3. The van der Waals surface area contributed by atoms with Gasteiger partial charge < -0.3 is 4.74 Å². The van der Waals surface area contributed by atoms with Crippen LogP contribution in [0.5, 0.6) is 0 Å². The highest BCUT2D eigenvalue weighted by molar-refractivity contribution is 6.22. The lowest BCUT2D eigenvalue weighted by Crippen LogP contribution is -2.53. The molecule has 3 aromatic carbocycles. The van der Waals surface area contributed by atoms with Crippen LogP contribution in [0.4, 0.5) is 14.5 Å². The van der Waals surface area contributed by atoms with Gasteiger partial charge in [-0.2, -0.15) is 0 Å². The molecular formula is C30H29F2N3O4. The van der Waals surface area contributed by atoms with Crippen LogP contribution in [0.2, 0.25) is 0 Å². The summed E-state index contributed by atoms with van der Waals surface area (Å²) in [6.07, 6.45) is 0.0812. The lowest BCUT2D eigenvalue weighted by Gasteiger charge is -2.41. The van der Waals surface area contributed by atoms with E-state index in [4.69, 9.17) is 4.74 Å². The van der Waals surface area contributed by atoms with Crippen molar-refractivity contribution in [3.63, 3.8) is 0 Å². The van der Waals surface area contributed by atoms with Gasteiger partial charge in [-0.25, -0.2) is 18.5 Å². The van der Waals surface area contributed by atoms with Crippen molar-refractivity contribution in [2.24, 2.45) is 0 Å². The van der Waals surface area contributed by atoms with Crippen molar-refractivity contribution in [1.82, 2.24) is 9.80 Å². The molecule has 2 amide bonds. The smallest absolute Gasteiger partial charge is 0.338 e. The number of halogens is 2. The highest BCUT2D eigenvalue weighted by Crippen LogP contribution is 2.32. The minimum absolute atomic E-state index is 0.0812. The number of anilines is 1. The lowest BCUT2D eigenvalue weighted by molar-refractivity contribution is -0.123. The summed E-state index contributed by atoms with van der Waals surface area (Å²) in [4.78, 5) is 43.6. The third kappa shape index (κ3) is 5.60. The molecule has 202 valence electrons. The average molecular weight is 534 g/mol. The number of hydrogen-bond donors (Lipinski definition) is 0. The molecule has 3 aromatic rings. The van der Waals surface area contributed by atoms with Crippen LogP contribution < -0.4 is 4.90 Å². The zero-order valence-electron chi connectivity index (χ0n) is 21.6. The first kappa shape index (κ1) is 26.6. The molecule has 1 atom stereocenters. The van der Waals surface area contributed by atoms with Crippen molar-refractivity contribution in [2.45, 2.75) is 25.4 Å². The Balaban J connectivity index is 1.28. The Morgan fingerprint density at radius 3 is 1.90 bits per heavy atom. The van der Waals surface area contributed by atoms with E-state index in [2.05, 4.69) is 4.90 Å². The molecule has 0 bridgehead atoms. The second kappa shape index (κ2) is 11.4. The largest absolute Gasteiger partial charge is 0.462 e. The molecule has 0 spiro atoms. The summed E-state index contributed by atoms with van der Waals surface area (Å²) in [5, 5.41) is 0. The molecule has 9 heteroatoms. The normalized spacial score (nSPS) is 18.7. The van der Waals surface area contributed by atoms with E-state index in [9.17, 15) is 23.2 Å². The topological polar surface area (TPSA) is 70.2 Å². The number of ether oxygens (including phenoxy) is 1. The van der Waals surface area contributed by atoms with Crippen molar-refractivity contribution in [2.75, 3.05) is 37.7 Å². The summed E-state index contributed by atoms with van der Waals surface area (Å²) in [6.45, 7) is 4.29. The molecule has 0 aromatic heterocycles. The fraction of sp³-hybridized carbons (Fsp3) is 0.300. The molecule has 2 aliphatic rings. The number of carbonyl (C=O) groups is 3. The van der Waals surface area contributed by atoms with Crippen LogP contribution in [0.3, 0.4) is 0 Å². The van der Waals surface area contributed by atoms with Crippen LogP contribution in [0.1, 0.15) is 40.9 Å². The van der Waals surface area contributed by atoms with Gasteiger partial charge >= 0.3 is 5.97 Å². The molecule has 2 heterocycles. The average Bonchev–Trinajstić information content (AvgIpc) is 3.25. The molecule has 0 aliphatic carbocycles. The quantitative estimate of drug-likeness (QED) is 0.335. The number of carbonyl (C=O) groups excluding carboxylic acids is 3. The van der Waals surface area contributed by atoms with Gasteiger partial charge in [0.15, 0.2) is 0 Å². The van der Waals surface area contributed by atoms with Gasteiger partial charge in [-0.15, -0.1) is 0 Å². The van der Waals surface area contributed by atoms with Gasteiger partial charge in [0, 0.05) is 26.2 Å². The highest BCUT2D eigenvalue weighted by Gasteiger charge is 2.43. The van der Waals surface area contributed by atoms with Crippen LogP contribution in [0.15, 0.2) is 72.8 Å². The first-order valence-corrected chi connectivity index (χ1v) is 13.0. The fourth-order valence-corrected chi connectivity index (χ4v) is 5.34. The van der Waals surface area contributed by atoms with Crippen LogP contribution in [0, 0.1) is 11.6 Å². The zero-order chi connectivity index (χ0) is 27.5. The van der Waals surface area contributed by atoms with E-state index in [0.717, 1.165) is 11.1 Å². The lowest BCUT2D eigenvalue weighted by atomic mass is 9.96. The molecule has 2 fully saturated rings. The van der Waals surface area contributed by atoms with Crippen LogP contribution in [0.25, 0.3) is 0 Å². The second-order valence-electron chi connectivity index (χ2n) is 9.63. The van der Waals surface area contributed by atoms with Crippen LogP contribution in [-0.2, 0) is 14.3 Å². The summed E-state index contributed by atoms with van der Waals surface area (Å²) < 4.78 is 32.2. The summed E-state index contributed by atoms with van der Waals surface area (Å²) in [6, 6.07) is 18.1. The zero-order valence-corrected chi connectivity index (χ0v) is 21.6. The van der Waals surface area contributed by atoms with E-state index in [1.54, 1.807) is 55.5 Å². The number of nitrogens with zero attached hydrogens (tertiary/aromatic N) is 3. The predicted octanol–water partition coefficient (Wildman–Crippen LogP) is 4.18. The van der Waals surface area contributed by atoms with Crippen molar-refractivity contribution in [1.29, 1.82) is 0 Å².